The highest BCUT2D eigenvalue weighted by Crippen LogP contribution is 2.28. The summed E-state index contributed by atoms with van der Waals surface area (Å²) in [5.41, 5.74) is 1.96. The first-order valence-electron chi connectivity index (χ1n) is 9.31. The number of nitrogens with zero attached hydrogens (tertiary/aromatic N) is 5. The predicted octanol–water partition coefficient (Wildman–Crippen LogP) is 2.58. The Bertz CT molecular complexity index is 872. The SMILES string of the molecule is O=C(Cc1ccncc1)NC1CCC(n2nnc(-c3ccccc3)n2)CC1. The third-order valence-electron chi connectivity index (χ3n) is 4.96. The summed E-state index contributed by atoms with van der Waals surface area (Å²) in [6, 6.07) is 14.1. The van der Waals surface area contributed by atoms with Crippen LogP contribution in [0.5, 0.6) is 0 Å². The van der Waals surface area contributed by atoms with Gasteiger partial charge in [-0.15, -0.1) is 10.2 Å². The molecule has 7 heteroatoms. The van der Waals surface area contributed by atoms with Crippen molar-refractivity contribution in [2.24, 2.45) is 0 Å². The van der Waals surface area contributed by atoms with Crippen LogP contribution in [0.2, 0.25) is 0 Å². The lowest BCUT2D eigenvalue weighted by Crippen LogP contribution is -2.39. The highest BCUT2D eigenvalue weighted by atomic mass is 16.1. The first-order chi connectivity index (χ1) is 13.3. The van der Waals surface area contributed by atoms with Crippen LogP contribution < -0.4 is 5.32 Å². The predicted molar refractivity (Wildman–Crippen MR) is 101 cm³/mol. The Morgan fingerprint density at radius 1 is 1.04 bits per heavy atom. The molecule has 0 bridgehead atoms. The number of nitrogens with one attached hydrogen (secondary N) is 1. The van der Waals surface area contributed by atoms with Crippen LogP contribution in [0.3, 0.4) is 0 Å². The standard InChI is InChI=1S/C20H22N6O/c27-19(14-15-10-12-21-13-11-15)22-17-6-8-18(9-7-17)26-24-20(23-25-26)16-4-2-1-3-5-16/h1-5,10-13,17-18H,6-9,14H2,(H,22,27). The van der Waals surface area contributed by atoms with Gasteiger partial charge in [0.25, 0.3) is 0 Å². The molecule has 0 unspecified atom stereocenters. The summed E-state index contributed by atoms with van der Waals surface area (Å²) in [6.45, 7) is 0. The molecule has 1 fully saturated rings. The number of hydrogen-bond donors (Lipinski definition) is 1. The van der Waals surface area contributed by atoms with Gasteiger partial charge in [0.1, 0.15) is 0 Å². The molecule has 0 spiro atoms. The molecule has 1 amide bonds. The molecule has 1 saturated carbocycles. The third-order valence-corrected chi connectivity index (χ3v) is 4.96. The van der Waals surface area contributed by atoms with E-state index >= 15 is 0 Å². The highest BCUT2D eigenvalue weighted by Gasteiger charge is 2.25. The van der Waals surface area contributed by atoms with Crippen LogP contribution in [0.15, 0.2) is 54.9 Å². The molecule has 1 N–H and O–H groups in total. The number of hydrogen-bond acceptors (Lipinski definition) is 5. The van der Waals surface area contributed by atoms with Gasteiger partial charge in [-0.2, -0.15) is 4.80 Å². The van der Waals surface area contributed by atoms with E-state index in [2.05, 4.69) is 25.7 Å². The first-order valence-corrected chi connectivity index (χ1v) is 9.31. The smallest absolute Gasteiger partial charge is 0.224 e. The van der Waals surface area contributed by atoms with Gasteiger partial charge < -0.3 is 5.32 Å². The number of aromatic nitrogens is 5. The van der Waals surface area contributed by atoms with Gasteiger partial charge in [0.15, 0.2) is 0 Å². The van der Waals surface area contributed by atoms with Gasteiger partial charge in [-0.05, 0) is 48.6 Å². The summed E-state index contributed by atoms with van der Waals surface area (Å²) in [5.74, 6) is 0.721. The summed E-state index contributed by atoms with van der Waals surface area (Å²) in [7, 11) is 0. The average molecular weight is 362 g/mol. The fraction of sp³-hybridized carbons (Fsp3) is 0.350. The highest BCUT2D eigenvalue weighted by molar-refractivity contribution is 5.78. The molecule has 1 aliphatic rings. The molecule has 2 aromatic heterocycles. The zero-order valence-electron chi connectivity index (χ0n) is 15.0. The van der Waals surface area contributed by atoms with Crippen LogP contribution in [0.25, 0.3) is 11.4 Å². The fourth-order valence-corrected chi connectivity index (χ4v) is 3.50. The van der Waals surface area contributed by atoms with Crippen molar-refractivity contribution in [2.75, 3.05) is 0 Å². The van der Waals surface area contributed by atoms with E-state index in [1.807, 2.05) is 42.5 Å². The molecule has 1 aliphatic carbocycles. The van der Waals surface area contributed by atoms with Gasteiger partial charge in [-0.3, -0.25) is 9.78 Å². The van der Waals surface area contributed by atoms with Crippen molar-refractivity contribution in [3.8, 4) is 11.4 Å². The van der Waals surface area contributed by atoms with Crippen LogP contribution in [0.4, 0.5) is 0 Å². The van der Waals surface area contributed by atoms with Gasteiger partial charge in [0.2, 0.25) is 11.7 Å². The molecule has 2 heterocycles. The fourth-order valence-electron chi connectivity index (χ4n) is 3.50. The maximum absolute atomic E-state index is 12.2. The molecule has 0 atom stereocenters. The number of amides is 1. The molecular weight excluding hydrogens is 340 g/mol. The van der Waals surface area contributed by atoms with E-state index in [1.165, 1.54) is 0 Å². The zero-order valence-corrected chi connectivity index (χ0v) is 15.0. The number of pyridine rings is 1. The van der Waals surface area contributed by atoms with E-state index in [-0.39, 0.29) is 18.0 Å². The van der Waals surface area contributed by atoms with Gasteiger partial charge in [0.05, 0.1) is 12.5 Å². The minimum Gasteiger partial charge on any atom is -0.353 e. The summed E-state index contributed by atoms with van der Waals surface area (Å²) >= 11 is 0. The van der Waals surface area contributed by atoms with Crippen molar-refractivity contribution >= 4 is 5.91 Å². The van der Waals surface area contributed by atoms with Crippen LogP contribution in [-0.4, -0.2) is 37.1 Å². The minimum absolute atomic E-state index is 0.0647. The van der Waals surface area contributed by atoms with Crippen molar-refractivity contribution in [1.29, 1.82) is 0 Å². The number of tetrazole rings is 1. The second kappa shape index (κ2) is 8.07. The van der Waals surface area contributed by atoms with E-state index in [4.69, 9.17) is 0 Å². The van der Waals surface area contributed by atoms with E-state index < -0.39 is 0 Å². The first kappa shape index (κ1) is 17.3. The van der Waals surface area contributed by atoms with Crippen LogP contribution in [0, 0.1) is 0 Å². The molecule has 27 heavy (non-hydrogen) atoms. The Morgan fingerprint density at radius 3 is 2.52 bits per heavy atom. The molecule has 7 nitrogen and oxygen atoms in total. The van der Waals surface area contributed by atoms with Crippen molar-refractivity contribution in [3.63, 3.8) is 0 Å². The Hall–Kier alpha value is -3.09. The van der Waals surface area contributed by atoms with Crippen LogP contribution in [0.1, 0.15) is 37.3 Å². The van der Waals surface area contributed by atoms with Crippen LogP contribution >= 0.6 is 0 Å². The summed E-state index contributed by atoms with van der Waals surface area (Å²) < 4.78 is 0. The summed E-state index contributed by atoms with van der Waals surface area (Å²) in [6.07, 6.45) is 7.54. The Balaban J connectivity index is 1.29. The maximum Gasteiger partial charge on any atom is 0.224 e. The zero-order chi connectivity index (χ0) is 18.5. The third kappa shape index (κ3) is 4.36. The van der Waals surface area contributed by atoms with Gasteiger partial charge in [-0.1, -0.05) is 30.3 Å². The topological polar surface area (TPSA) is 85.6 Å². The van der Waals surface area contributed by atoms with E-state index in [0.29, 0.717) is 12.2 Å². The Kier molecular flexibility index (Phi) is 5.18. The Labute approximate surface area is 157 Å². The lowest BCUT2D eigenvalue weighted by Gasteiger charge is -2.28. The van der Waals surface area contributed by atoms with Gasteiger partial charge >= 0.3 is 0 Å². The largest absolute Gasteiger partial charge is 0.353 e. The van der Waals surface area contributed by atoms with Crippen molar-refractivity contribution in [3.05, 3.63) is 60.4 Å². The van der Waals surface area contributed by atoms with Crippen molar-refractivity contribution in [2.45, 2.75) is 44.2 Å². The van der Waals surface area contributed by atoms with E-state index in [0.717, 1.165) is 36.8 Å². The molecule has 3 aromatic rings. The molecule has 0 saturated heterocycles. The second-order valence-electron chi connectivity index (χ2n) is 6.90. The molecule has 1 aromatic carbocycles. The van der Waals surface area contributed by atoms with Crippen molar-refractivity contribution in [1.82, 2.24) is 30.5 Å². The molecule has 0 aliphatic heterocycles. The van der Waals surface area contributed by atoms with E-state index in [1.54, 1.807) is 17.2 Å². The molecule has 138 valence electrons. The quantitative estimate of drug-likeness (QED) is 0.754. The maximum atomic E-state index is 12.2. The van der Waals surface area contributed by atoms with Crippen LogP contribution in [-0.2, 0) is 11.2 Å². The lowest BCUT2D eigenvalue weighted by molar-refractivity contribution is -0.121. The number of rotatable bonds is 5. The van der Waals surface area contributed by atoms with Crippen molar-refractivity contribution < 1.29 is 4.79 Å². The number of carbonyl (C=O) groups excluding carboxylic acids is 1. The van der Waals surface area contributed by atoms with E-state index in [9.17, 15) is 4.79 Å². The van der Waals surface area contributed by atoms with Gasteiger partial charge in [-0.25, -0.2) is 0 Å². The Morgan fingerprint density at radius 2 is 1.78 bits per heavy atom. The number of benzene rings is 1. The molecule has 4 rings (SSSR count). The van der Waals surface area contributed by atoms with Gasteiger partial charge in [0, 0.05) is 24.0 Å². The second-order valence-corrected chi connectivity index (χ2v) is 6.90. The normalized spacial score (nSPS) is 19.6. The molecular formula is C20H22N6O. The lowest BCUT2D eigenvalue weighted by atomic mass is 9.91. The monoisotopic (exact) mass is 362 g/mol. The summed E-state index contributed by atoms with van der Waals surface area (Å²) in [5, 5.41) is 16.1. The molecule has 0 radical (unpaired) electrons. The minimum atomic E-state index is 0.0647. The average Bonchev–Trinajstić information content (AvgIpc) is 3.20. The number of carbonyl (C=O) groups is 1. The summed E-state index contributed by atoms with van der Waals surface area (Å²) in [4.78, 5) is 17.9.